The Balaban J connectivity index is 1.66. The molecule has 5 aromatic rings. The van der Waals surface area contributed by atoms with Gasteiger partial charge in [-0.25, -0.2) is 14.5 Å². The molecule has 0 radical (unpaired) electrons. The molecule has 28 heavy (non-hydrogen) atoms. The van der Waals surface area contributed by atoms with Crippen molar-refractivity contribution in [2.24, 2.45) is 0 Å². The molecule has 0 bridgehead atoms. The maximum atomic E-state index is 9.65. The lowest BCUT2D eigenvalue weighted by molar-refractivity contribution is 0.791. The Morgan fingerprint density at radius 3 is 2.61 bits per heavy atom. The minimum absolute atomic E-state index is 0.0410. The standard InChI is InChI=1S/C21H16N6S/c1-12-15(11-22)19-14-7-3-4-8-16(14)25-21(27(19)26-12)28-13(2)20-23-17-9-5-6-10-18(17)24-20/h3-10,13H,1-2H3,(H,23,24). The van der Waals surface area contributed by atoms with Crippen LogP contribution in [0.5, 0.6) is 0 Å². The van der Waals surface area contributed by atoms with Crippen LogP contribution in [0.2, 0.25) is 0 Å². The number of nitrogens with one attached hydrogen (secondary N) is 1. The number of thioether (sulfide) groups is 1. The first-order valence-corrected chi connectivity index (χ1v) is 9.83. The maximum Gasteiger partial charge on any atom is 0.190 e. The van der Waals surface area contributed by atoms with Gasteiger partial charge in [0.25, 0.3) is 0 Å². The molecule has 3 heterocycles. The summed E-state index contributed by atoms with van der Waals surface area (Å²) in [6, 6.07) is 18.2. The number of aromatic nitrogens is 5. The molecule has 0 amide bonds. The van der Waals surface area contributed by atoms with E-state index in [1.807, 2.05) is 55.5 Å². The summed E-state index contributed by atoms with van der Waals surface area (Å²) >= 11 is 1.57. The molecule has 0 aliphatic carbocycles. The van der Waals surface area contributed by atoms with Crippen LogP contribution in [0.25, 0.3) is 27.5 Å². The van der Waals surface area contributed by atoms with Crippen molar-refractivity contribution in [1.82, 2.24) is 24.6 Å². The Hall–Kier alpha value is -3.37. The zero-order valence-corrected chi connectivity index (χ0v) is 16.2. The third kappa shape index (κ3) is 2.53. The molecular weight excluding hydrogens is 368 g/mol. The van der Waals surface area contributed by atoms with Gasteiger partial charge in [-0.05, 0) is 32.0 Å². The molecule has 136 valence electrons. The summed E-state index contributed by atoms with van der Waals surface area (Å²) < 4.78 is 1.79. The van der Waals surface area contributed by atoms with Gasteiger partial charge in [-0.2, -0.15) is 10.4 Å². The van der Waals surface area contributed by atoms with Crippen molar-refractivity contribution in [3.8, 4) is 6.07 Å². The number of fused-ring (bicyclic) bond motifs is 4. The lowest BCUT2D eigenvalue weighted by Gasteiger charge is -2.11. The van der Waals surface area contributed by atoms with E-state index in [1.165, 1.54) is 0 Å². The predicted molar refractivity (Wildman–Crippen MR) is 110 cm³/mol. The molecular formula is C21H16N6S. The Labute approximate surface area is 165 Å². The summed E-state index contributed by atoms with van der Waals surface area (Å²) in [5.74, 6) is 0.888. The molecule has 0 saturated heterocycles. The molecule has 0 aliphatic rings. The number of hydrogen-bond donors (Lipinski definition) is 1. The van der Waals surface area contributed by atoms with Crippen molar-refractivity contribution in [1.29, 1.82) is 5.26 Å². The van der Waals surface area contributed by atoms with Gasteiger partial charge in [-0.15, -0.1) is 0 Å². The molecule has 0 fully saturated rings. The molecule has 1 unspecified atom stereocenters. The first-order valence-electron chi connectivity index (χ1n) is 8.95. The first kappa shape index (κ1) is 16.8. The van der Waals surface area contributed by atoms with Crippen LogP contribution in [0, 0.1) is 18.3 Å². The van der Waals surface area contributed by atoms with Crippen molar-refractivity contribution in [3.05, 3.63) is 65.6 Å². The topological polar surface area (TPSA) is 82.7 Å². The van der Waals surface area contributed by atoms with E-state index in [-0.39, 0.29) is 5.25 Å². The van der Waals surface area contributed by atoms with Crippen molar-refractivity contribution < 1.29 is 0 Å². The zero-order valence-electron chi connectivity index (χ0n) is 15.3. The van der Waals surface area contributed by atoms with Gasteiger partial charge in [0.15, 0.2) is 5.16 Å². The number of nitrogens with zero attached hydrogens (tertiary/aromatic N) is 5. The highest BCUT2D eigenvalue weighted by Crippen LogP contribution is 2.36. The number of nitriles is 1. The van der Waals surface area contributed by atoms with Gasteiger partial charge in [-0.3, -0.25) is 0 Å². The Kier molecular flexibility index (Phi) is 3.81. The van der Waals surface area contributed by atoms with Crippen molar-refractivity contribution >= 4 is 39.2 Å². The third-order valence-electron chi connectivity index (χ3n) is 4.80. The summed E-state index contributed by atoms with van der Waals surface area (Å²) in [6.07, 6.45) is 0. The number of H-pyrrole nitrogens is 1. The van der Waals surface area contributed by atoms with E-state index in [0.29, 0.717) is 11.3 Å². The van der Waals surface area contributed by atoms with E-state index in [4.69, 9.17) is 9.97 Å². The van der Waals surface area contributed by atoms with E-state index in [2.05, 4.69) is 23.1 Å². The van der Waals surface area contributed by atoms with Crippen LogP contribution in [0.4, 0.5) is 0 Å². The number of para-hydroxylation sites is 3. The highest BCUT2D eigenvalue weighted by atomic mass is 32.2. The molecule has 2 aromatic carbocycles. The van der Waals surface area contributed by atoms with Gasteiger partial charge in [0.05, 0.1) is 33.0 Å². The first-order chi connectivity index (χ1) is 13.7. The van der Waals surface area contributed by atoms with Crippen LogP contribution in [-0.4, -0.2) is 24.6 Å². The van der Waals surface area contributed by atoms with E-state index in [0.717, 1.165) is 38.4 Å². The minimum Gasteiger partial charge on any atom is -0.341 e. The van der Waals surface area contributed by atoms with Crippen molar-refractivity contribution in [3.63, 3.8) is 0 Å². The molecule has 0 saturated carbocycles. The van der Waals surface area contributed by atoms with Crippen LogP contribution >= 0.6 is 11.8 Å². The van der Waals surface area contributed by atoms with Gasteiger partial charge < -0.3 is 4.98 Å². The fourth-order valence-corrected chi connectivity index (χ4v) is 4.35. The average Bonchev–Trinajstić information content (AvgIpc) is 3.29. The number of rotatable bonds is 3. The third-order valence-corrected chi connectivity index (χ3v) is 5.86. The number of hydrogen-bond acceptors (Lipinski definition) is 5. The number of aromatic amines is 1. The van der Waals surface area contributed by atoms with Crippen LogP contribution in [0.3, 0.4) is 0 Å². The number of imidazole rings is 1. The molecule has 0 aliphatic heterocycles. The van der Waals surface area contributed by atoms with Crippen molar-refractivity contribution in [2.75, 3.05) is 0 Å². The molecule has 7 heteroatoms. The SMILES string of the molecule is Cc1nn2c(SC(C)c3nc4ccccc4[nH]3)nc3ccccc3c2c1C#N. The average molecular weight is 384 g/mol. The monoisotopic (exact) mass is 384 g/mol. The quantitative estimate of drug-likeness (QED) is 0.357. The summed E-state index contributed by atoms with van der Waals surface area (Å²) in [5.41, 5.74) is 4.93. The summed E-state index contributed by atoms with van der Waals surface area (Å²) in [4.78, 5) is 12.9. The number of aryl methyl sites for hydroxylation is 1. The van der Waals surface area contributed by atoms with Crippen LogP contribution in [0.1, 0.15) is 29.3 Å². The minimum atomic E-state index is 0.0410. The summed E-state index contributed by atoms with van der Waals surface area (Å²) in [6.45, 7) is 3.95. The van der Waals surface area contributed by atoms with Crippen LogP contribution < -0.4 is 0 Å². The van der Waals surface area contributed by atoms with Crippen LogP contribution in [0.15, 0.2) is 53.7 Å². The van der Waals surface area contributed by atoms with Gasteiger partial charge in [-0.1, -0.05) is 42.1 Å². The zero-order chi connectivity index (χ0) is 19.3. The fourth-order valence-electron chi connectivity index (χ4n) is 3.43. The van der Waals surface area contributed by atoms with Gasteiger partial charge in [0.2, 0.25) is 0 Å². The van der Waals surface area contributed by atoms with Crippen molar-refractivity contribution in [2.45, 2.75) is 24.3 Å². The Bertz CT molecular complexity index is 1360. The largest absolute Gasteiger partial charge is 0.341 e. The highest BCUT2D eigenvalue weighted by molar-refractivity contribution is 7.99. The highest BCUT2D eigenvalue weighted by Gasteiger charge is 2.20. The molecule has 0 spiro atoms. The molecule has 6 nitrogen and oxygen atoms in total. The van der Waals surface area contributed by atoms with Gasteiger partial charge in [0, 0.05) is 5.39 Å². The van der Waals surface area contributed by atoms with E-state index in [1.54, 1.807) is 16.3 Å². The molecule has 3 aromatic heterocycles. The van der Waals surface area contributed by atoms with Crippen LogP contribution in [-0.2, 0) is 0 Å². The number of benzene rings is 2. The molecule has 1 atom stereocenters. The van der Waals surface area contributed by atoms with E-state index >= 15 is 0 Å². The lowest BCUT2D eigenvalue weighted by Crippen LogP contribution is -2.01. The molecule has 1 N–H and O–H groups in total. The second-order valence-corrected chi connectivity index (χ2v) is 7.95. The van der Waals surface area contributed by atoms with Gasteiger partial charge in [0.1, 0.15) is 17.5 Å². The van der Waals surface area contributed by atoms with E-state index < -0.39 is 0 Å². The second-order valence-electron chi connectivity index (χ2n) is 6.64. The predicted octanol–water partition coefficient (Wildman–Crippen LogP) is 4.79. The van der Waals surface area contributed by atoms with Gasteiger partial charge >= 0.3 is 0 Å². The maximum absolute atomic E-state index is 9.65. The summed E-state index contributed by atoms with van der Waals surface area (Å²) in [5, 5.41) is 16.0. The Morgan fingerprint density at radius 1 is 1.07 bits per heavy atom. The lowest BCUT2D eigenvalue weighted by atomic mass is 10.1. The molecule has 5 rings (SSSR count). The fraction of sp³-hybridized carbons (Fsp3) is 0.143. The summed E-state index contributed by atoms with van der Waals surface area (Å²) in [7, 11) is 0. The Morgan fingerprint density at radius 2 is 1.82 bits per heavy atom. The smallest absolute Gasteiger partial charge is 0.190 e. The normalized spacial score (nSPS) is 12.6. The second kappa shape index (κ2) is 6.36. The van der Waals surface area contributed by atoms with E-state index in [9.17, 15) is 5.26 Å².